The summed E-state index contributed by atoms with van der Waals surface area (Å²) in [4.78, 5) is 28.8. The number of likely N-dealkylation sites (tertiary alicyclic amines) is 2. The Morgan fingerprint density at radius 1 is 0.870 bits per heavy atom. The number of rotatable bonds is 3. The summed E-state index contributed by atoms with van der Waals surface area (Å²) in [7, 11) is 0. The third kappa shape index (κ3) is 4.06. The molecular weight excluding hydrogens is 292 g/mol. The lowest BCUT2D eigenvalue weighted by Crippen LogP contribution is -2.46. The minimum absolute atomic E-state index is 0.0708. The quantitative estimate of drug-likeness (QED) is 0.864. The van der Waals surface area contributed by atoms with E-state index in [9.17, 15) is 14.7 Å². The molecule has 23 heavy (non-hydrogen) atoms. The Morgan fingerprint density at radius 2 is 1.48 bits per heavy atom. The summed E-state index contributed by atoms with van der Waals surface area (Å²) in [5, 5.41) is 10.5. The maximum Gasteiger partial charge on any atom is 0.225 e. The smallest absolute Gasteiger partial charge is 0.225 e. The fourth-order valence-electron chi connectivity index (χ4n) is 4.35. The van der Waals surface area contributed by atoms with E-state index in [0.29, 0.717) is 19.0 Å². The first kappa shape index (κ1) is 16.7. The largest absolute Gasteiger partial charge is 0.389 e. The number of amides is 2. The van der Waals surface area contributed by atoms with Crippen LogP contribution in [0, 0.1) is 5.92 Å². The molecule has 1 aliphatic carbocycles. The lowest BCUT2D eigenvalue weighted by molar-refractivity contribution is -0.143. The minimum Gasteiger partial charge on any atom is -0.389 e. The molecule has 130 valence electrons. The molecule has 0 spiro atoms. The zero-order valence-corrected chi connectivity index (χ0v) is 14.1. The SMILES string of the molecule is O=C(CC1(O)CCCCC1)N1CCC(C(=O)N2CCCC2)CC1. The van der Waals surface area contributed by atoms with Gasteiger partial charge in [0.15, 0.2) is 0 Å². The topological polar surface area (TPSA) is 60.9 Å². The molecular formula is C18H30N2O3. The van der Waals surface area contributed by atoms with Crippen LogP contribution in [-0.4, -0.2) is 58.5 Å². The fraction of sp³-hybridized carbons (Fsp3) is 0.889. The summed E-state index contributed by atoms with van der Waals surface area (Å²) in [6, 6.07) is 0. The van der Waals surface area contributed by atoms with Crippen molar-refractivity contribution in [3.63, 3.8) is 0 Å². The van der Waals surface area contributed by atoms with Gasteiger partial charge in [-0.1, -0.05) is 19.3 Å². The second-order valence-electron chi connectivity index (χ2n) is 7.65. The van der Waals surface area contributed by atoms with Crippen LogP contribution in [0.25, 0.3) is 0 Å². The Bertz CT molecular complexity index is 432. The molecule has 2 heterocycles. The number of piperidine rings is 1. The van der Waals surface area contributed by atoms with Crippen LogP contribution in [-0.2, 0) is 9.59 Å². The second-order valence-corrected chi connectivity index (χ2v) is 7.65. The van der Waals surface area contributed by atoms with Crippen LogP contribution in [0.5, 0.6) is 0 Å². The standard InChI is InChI=1S/C18H30N2O3/c21-16(14-18(23)8-2-1-3-9-18)19-12-6-15(7-13-19)17(22)20-10-4-5-11-20/h15,23H,1-14H2. The van der Waals surface area contributed by atoms with Gasteiger partial charge in [0.2, 0.25) is 11.8 Å². The second kappa shape index (κ2) is 7.20. The predicted molar refractivity (Wildman–Crippen MR) is 87.8 cm³/mol. The number of carbonyl (C=O) groups excluding carboxylic acids is 2. The molecule has 0 unspecified atom stereocenters. The molecule has 2 aliphatic heterocycles. The molecule has 5 heteroatoms. The van der Waals surface area contributed by atoms with Gasteiger partial charge in [-0.2, -0.15) is 0 Å². The predicted octanol–water partition coefficient (Wildman–Crippen LogP) is 1.93. The highest BCUT2D eigenvalue weighted by atomic mass is 16.3. The Kier molecular flexibility index (Phi) is 5.24. The molecule has 1 N–H and O–H groups in total. The molecule has 5 nitrogen and oxygen atoms in total. The first-order valence-corrected chi connectivity index (χ1v) is 9.36. The molecule has 0 atom stereocenters. The van der Waals surface area contributed by atoms with E-state index in [1.165, 1.54) is 6.42 Å². The van der Waals surface area contributed by atoms with Gasteiger partial charge >= 0.3 is 0 Å². The van der Waals surface area contributed by atoms with E-state index in [2.05, 4.69) is 0 Å². The number of nitrogens with zero attached hydrogens (tertiary/aromatic N) is 2. The molecule has 3 fully saturated rings. The van der Waals surface area contributed by atoms with Gasteiger partial charge in [-0.25, -0.2) is 0 Å². The summed E-state index contributed by atoms with van der Waals surface area (Å²) in [5.41, 5.74) is -0.780. The van der Waals surface area contributed by atoms with Crippen LogP contribution in [0.15, 0.2) is 0 Å². The van der Waals surface area contributed by atoms with E-state index >= 15 is 0 Å². The van der Waals surface area contributed by atoms with Gasteiger partial charge < -0.3 is 14.9 Å². The molecule has 1 saturated carbocycles. The summed E-state index contributed by atoms with van der Waals surface area (Å²) in [6.45, 7) is 3.15. The maximum absolute atomic E-state index is 12.5. The summed E-state index contributed by atoms with van der Waals surface area (Å²) in [6.07, 6.45) is 8.79. The van der Waals surface area contributed by atoms with Crippen molar-refractivity contribution in [3.8, 4) is 0 Å². The molecule has 0 radical (unpaired) electrons. The van der Waals surface area contributed by atoms with E-state index in [-0.39, 0.29) is 18.2 Å². The molecule has 0 aromatic rings. The van der Waals surface area contributed by atoms with Crippen LogP contribution in [0.3, 0.4) is 0 Å². The van der Waals surface area contributed by atoms with Crippen molar-refractivity contribution in [1.82, 2.24) is 9.80 Å². The van der Waals surface area contributed by atoms with Gasteiger partial charge in [0.05, 0.1) is 12.0 Å². The molecule has 2 amide bonds. The number of carbonyl (C=O) groups is 2. The Labute approximate surface area is 139 Å². The van der Waals surface area contributed by atoms with Crippen LogP contribution < -0.4 is 0 Å². The van der Waals surface area contributed by atoms with Gasteiger partial charge in [-0.05, 0) is 38.5 Å². The molecule has 3 rings (SSSR count). The van der Waals surface area contributed by atoms with Gasteiger partial charge in [-0.3, -0.25) is 9.59 Å². The summed E-state index contributed by atoms with van der Waals surface area (Å²) >= 11 is 0. The molecule has 0 bridgehead atoms. The van der Waals surface area contributed by atoms with E-state index in [1.54, 1.807) is 0 Å². The minimum atomic E-state index is -0.780. The van der Waals surface area contributed by atoms with Gasteiger partial charge in [-0.15, -0.1) is 0 Å². The zero-order chi connectivity index (χ0) is 16.3. The van der Waals surface area contributed by atoms with E-state index in [0.717, 1.165) is 64.5 Å². The van der Waals surface area contributed by atoms with Crippen LogP contribution in [0.4, 0.5) is 0 Å². The molecule has 2 saturated heterocycles. The van der Waals surface area contributed by atoms with Gasteiger partial charge in [0, 0.05) is 32.1 Å². The average Bonchev–Trinajstić information content (AvgIpc) is 3.09. The number of hydrogen-bond acceptors (Lipinski definition) is 3. The maximum atomic E-state index is 12.5. The van der Waals surface area contributed by atoms with E-state index in [4.69, 9.17) is 0 Å². The van der Waals surface area contributed by atoms with Crippen molar-refractivity contribution in [3.05, 3.63) is 0 Å². The van der Waals surface area contributed by atoms with Crippen molar-refractivity contribution < 1.29 is 14.7 Å². The van der Waals surface area contributed by atoms with Gasteiger partial charge in [0.25, 0.3) is 0 Å². The lowest BCUT2D eigenvalue weighted by atomic mass is 9.82. The third-order valence-corrected chi connectivity index (χ3v) is 5.88. The number of hydrogen-bond donors (Lipinski definition) is 1. The summed E-state index contributed by atoms with van der Waals surface area (Å²) in [5.74, 6) is 0.455. The number of aliphatic hydroxyl groups is 1. The fourth-order valence-corrected chi connectivity index (χ4v) is 4.35. The highest BCUT2D eigenvalue weighted by Gasteiger charge is 2.36. The van der Waals surface area contributed by atoms with E-state index in [1.807, 2.05) is 9.80 Å². The van der Waals surface area contributed by atoms with Crippen LogP contribution >= 0.6 is 0 Å². The first-order valence-electron chi connectivity index (χ1n) is 9.36. The Balaban J connectivity index is 1.46. The van der Waals surface area contributed by atoms with Crippen molar-refractivity contribution in [2.24, 2.45) is 5.92 Å². The zero-order valence-electron chi connectivity index (χ0n) is 14.1. The van der Waals surface area contributed by atoms with E-state index < -0.39 is 5.60 Å². The molecule has 3 aliphatic rings. The molecule has 0 aromatic heterocycles. The highest BCUT2D eigenvalue weighted by molar-refractivity contribution is 5.80. The third-order valence-electron chi connectivity index (χ3n) is 5.88. The van der Waals surface area contributed by atoms with Crippen molar-refractivity contribution in [2.45, 2.75) is 69.8 Å². The monoisotopic (exact) mass is 322 g/mol. The molecule has 0 aromatic carbocycles. The highest BCUT2D eigenvalue weighted by Crippen LogP contribution is 2.32. The van der Waals surface area contributed by atoms with Crippen molar-refractivity contribution in [1.29, 1.82) is 0 Å². The van der Waals surface area contributed by atoms with Crippen molar-refractivity contribution >= 4 is 11.8 Å². The first-order chi connectivity index (χ1) is 11.1. The summed E-state index contributed by atoms with van der Waals surface area (Å²) < 4.78 is 0. The lowest BCUT2D eigenvalue weighted by Gasteiger charge is -2.37. The van der Waals surface area contributed by atoms with Gasteiger partial charge in [0.1, 0.15) is 0 Å². The Hall–Kier alpha value is -1.10. The Morgan fingerprint density at radius 3 is 2.09 bits per heavy atom. The van der Waals surface area contributed by atoms with Crippen molar-refractivity contribution in [2.75, 3.05) is 26.2 Å². The van der Waals surface area contributed by atoms with Crippen LogP contribution in [0.1, 0.15) is 64.2 Å². The van der Waals surface area contributed by atoms with Crippen LogP contribution in [0.2, 0.25) is 0 Å². The normalized spacial score (nSPS) is 25.6. The average molecular weight is 322 g/mol.